The number of rotatable bonds is 3. The molecule has 73 valence electrons. The molecule has 0 saturated carbocycles. The summed E-state index contributed by atoms with van der Waals surface area (Å²) < 4.78 is 0. The van der Waals surface area contributed by atoms with Crippen molar-refractivity contribution in [2.75, 3.05) is 40.3 Å². The van der Waals surface area contributed by atoms with Crippen LogP contribution >= 0.6 is 0 Å². The minimum atomic E-state index is -0.182. The van der Waals surface area contributed by atoms with Crippen LogP contribution in [0.1, 0.15) is 0 Å². The first kappa shape index (κ1) is 10.1. The summed E-state index contributed by atoms with van der Waals surface area (Å²) in [5.74, 6) is -0.365. The zero-order chi connectivity index (χ0) is 9.84. The minimum Gasteiger partial charge on any atom is -0.308 e. The van der Waals surface area contributed by atoms with Gasteiger partial charge in [0.25, 0.3) is 0 Å². The molecule has 0 N–H and O–H groups in total. The Morgan fingerprint density at radius 2 is 1.85 bits per heavy atom. The topological polar surface area (TPSA) is 54.7 Å². The molecular weight excluding hydrogens is 170 g/mol. The van der Waals surface area contributed by atoms with Crippen LogP contribution in [0.5, 0.6) is 0 Å². The van der Waals surface area contributed by atoms with Crippen LogP contribution in [0.25, 0.3) is 0 Å². The summed E-state index contributed by atoms with van der Waals surface area (Å²) in [7, 11) is 3.81. The summed E-state index contributed by atoms with van der Waals surface area (Å²) in [6.07, 6.45) is 0. The van der Waals surface area contributed by atoms with Gasteiger partial charge in [-0.25, -0.2) is 5.32 Å². The summed E-state index contributed by atoms with van der Waals surface area (Å²) >= 11 is 0. The fraction of sp³-hybridized carbons (Fsp3) is 0.750. The zero-order valence-corrected chi connectivity index (χ0v) is 7.99. The van der Waals surface area contributed by atoms with E-state index in [0.717, 1.165) is 0 Å². The molecule has 1 saturated heterocycles. The van der Waals surface area contributed by atoms with E-state index < -0.39 is 0 Å². The van der Waals surface area contributed by atoms with Gasteiger partial charge in [0.15, 0.2) is 0 Å². The SMILES string of the molecule is CN(C)CCN1C(=O)C[N]CC1=O. The highest BCUT2D eigenvalue weighted by Gasteiger charge is 2.25. The first-order chi connectivity index (χ1) is 6.11. The highest BCUT2D eigenvalue weighted by Crippen LogP contribution is 1.97. The molecular formula is C8H14N3O2. The van der Waals surface area contributed by atoms with E-state index in [9.17, 15) is 9.59 Å². The second kappa shape index (κ2) is 4.34. The Morgan fingerprint density at radius 1 is 1.31 bits per heavy atom. The van der Waals surface area contributed by atoms with Gasteiger partial charge in [-0.15, -0.1) is 0 Å². The summed E-state index contributed by atoms with van der Waals surface area (Å²) in [4.78, 5) is 25.6. The van der Waals surface area contributed by atoms with E-state index in [2.05, 4.69) is 5.32 Å². The monoisotopic (exact) mass is 184 g/mol. The summed E-state index contributed by atoms with van der Waals surface area (Å²) in [5.41, 5.74) is 0. The van der Waals surface area contributed by atoms with Crippen molar-refractivity contribution in [2.24, 2.45) is 0 Å². The lowest BCUT2D eigenvalue weighted by Crippen LogP contribution is -2.51. The maximum absolute atomic E-state index is 11.2. The maximum atomic E-state index is 11.2. The van der Waals surface area contributed by atoms with Crippen molar-refractivity contribution in [1.82, 2.24) is 15.1 Å². The van der Waals surface area contributed by atoms with E-state index in [0.29, 0.717) is 13.1 Å². The van der Waals surface area contributed by atoms with Crippen molar-refractivity contribution in [2.45, 2.75) is 0 Å². The van der Waals surface area contributed by atoms with E-state index >= 15 is 0 Å². The van der Waals surface area contributed by atoms with E-state index in [1.165, 1.54) is 4.90 Å². The Hall–Kier alpha value is -0.940. The molecule has 13 heavy (non-hydrogen) atoms. The minimum absolute atomic E-state index is 0.152. The highest BCUT2D eigenvalue weighted by molar-refractivity contribution is 5.99. The smallest absolute Gasteiger partial charge is 0.244 e. The van der Waals surface area contributed by atoms with Gasteiger partial charge in [0.1, 0.15) is 0 Å². The van der Waals surface area contributed by atoms with Gasteiger partial charge in [-0.3, -0.25) is 14.5 Å². The molecule has 5 nitrogen and oxygen atoms in total. The standard InChI is InChI=1S/C8H14N3O2/c1-10(2)3-4-11-7(12)5-9-6-8(11)13/h3-6H2,1-2H3. The molecule has 1 rings (SSSR count). The molecule has 0 aliphatic carbocycles. The number of likely N-dealkylation sites (N-methyl/N-ethyl adjacent to an activating group) is 1. The molecule has 1 aliphatic rings. The molecule has 0 bridgehead atoms. The second-order valence-corrected chi connectivity index (χ2v) is 3.28. The Bertz CT molecular complexity index is 199. The molecule has 2 amide bonds. The van der Waals surface area contributed by atoms with Gasteiger partial charge in [-0.05, 0) is 14.1 Å². The molecule has 1 aliphatic heterocycles. The largest absolute Gasteiger partial charge is 0.308 e. The fourth-order valence-corrected chi connectivity index (χ4v) is 1.11. The molecule has 0 atom stereocenters. The number of amides is 2. The lowest BCUT2D eigenvalue weighted by molar-refractivity contribution is -0.146. The number of carbonyl (C=O) groups is 2. The molecule has 0 aromatic rings. The maximum Gasteiger partial charge on any atom is 0.244 e. The Balaban J connectivity index is 2.44. The molecule has 0 aromatic carbocycles. The summed E-state index contributed by atoms with van der Waals surface area (Å²) in [6, 6.07) is 0. The third-order valence-corrected chi connectivity index (χ3v) is 1.87. The first-order valence-electron chi connectivity index (χ1n) is 4.22. The average Bonchev–Trinajstić information content (AvgIpc) is 2.03. The quantitative estimate of drug-likeness (QED) is 0.503. The van der Waals surface area contributed by atoms with Gasteiger partial charge < -0.3 is 4.90 Å². The van der Waals surface area contributed by atoms with Crippen molar-refractivity contribution in [3.8, 4) is 0 Å². The molecule has 0 spiro atoms. The number of hydrogen-bond donors (Lipinski definition) is 0. The van der Waals surface area contributed by atoms with Crippen LogP contribution in [0, 0.1) is 0 Å². The summed E-state index contributed by atoms with van der Waals surface area (Å²) in [5, 5.41) is 3.76. The van der Waals surface area contributed by atoms with Gasteiger partial charge in [0.2, 0.25) is 11.8 Å². The number of nitrogens with zero attached hydrogens (tertiary/aromatic N) is 3. The van der Waals surface area contributed by atoms with Crippen molar-refractivity contribution < 1.29 is 9.59 Å². The number of carbonyl (C=O) groups excluding carboxylic acids is 2. The van der Waals surface area contributed by atoms with Crippen molar-refractivity contribution >= 4 is 11.8 Å². The molecule has 0 unspecified atom stereocenters. The number of imide groups is 1. The molecule has 0 aromatic heterocycles. The third-order valence-electron chi connectivity index (χ3n) is 1.87. The van der Waals surface area contributed by atoms with Crippen LogP contribution in [0.2, 0.25) is 0 Å². The fourth-order valence-electron chi connectivity index (χ4n) is 1.11. The van der Waals surface area contributed by atoms with Gasteiger partial charge in [-0.2, -0.15) is 0 Å². The van der Waals surface area contributed by atoms with Gasteiger partial charge in [-0.1, -0.05) is 0 Å². The average molecular weight is 184 g/mol. The van der Waals surface area contributed by atoms with E-state index in [4.69, 9.17) is 0 Å². The third kappa shape index (κ3) is 2.78. The Labute approximate surface area is 77.7 Å². The van der Waals surface area contributed by atoms with Crippen molar-refractivity contribution in [3.05, 3.63) is 0 Å². The van der Waals surface area contributed by atoms with Crippen LogP contribution in [0.4, 0.5) is 0 Å². The number of piperazine rings is 1. The predicted octanol–water partition coefficient (Wildman–Crippen LogP) is -1.48. The van der Waals surface area contributed by atoms with E-state index in [1.807, 2.05) is 19.0 Å². The van der Waals surface area contributed by atoms with Crippen molar-refractivity contribution in [1.29, 1.82) is 0 Å². The lowest BCUT2D eigenvalue weighted by Gasteiger charge is -2.25. The van der Waals surface area contributed by atoms with Crippen LogP contribution in [-0.2, 0) is 9.59 Å². The Morgan fingerprint density at radius 3 is 2.31 bits per heavy atom. The highest BCUT2D eigenvalue weighted by atomic mass is 16.2. The van der Waals surface area contributed by atoms with Crippen LogP contribution in [0.15, 0.2) is 0 Å². The molecule has 1 radical (unpaired) electrons. The predicted molar refractivity (Wildman–Crippen MR) is 47.1 cm³/mol. The van der Waals surface area contributed by atoms with Crippen LogP contribution in [0.3, 0.4) is 0 Å². The van der Waals surface area contributed by atoms with Crippen LogP contribution < -0.4 is 5.32 Å². The number of hydrogen-bond acceptors (Lipinski definition) is 3. The molecule has 5 heteroatoms. The zero-order valence-electron chi connectivity index (χ0n) is 7.99. The van der Waals surface area contributed by atoms with Crippen LogP contribution in [-0.4, -0.2) is 61.9 Å². The van der Waals surface area contributed by atoms with Gasteiger partial charge in [0.05, 0.1) is 13.1 Å². The van der Waals surface area contributed by atoms with Gasteiger partial charge >= 0.3 is 0 Å². The Kier molecular flexibility index (Phi) is 3.39. The molecule has 1 fully saturated rings. The summed E-state index contributed by atoms with van der Waals surface area (Å²) in [6.45, 7) is 1.48. The van der Waals surface area contributed by atoms with E-state index in [1.54, 1.807) is 0 Å². The normalized spacial score (nSPS) is 18.5. The molecule has 1 heterocycles. The second-order valence-electron chi connectivity index (χ2n) is 3.28. The van der Waals surface area contributed by atoms with Crippen molar-refractivity contribution in [3.63, 3.8) is 0 Å². The first-order valence-corrected chi connectivity index (χ1v) is 4.22. The lowest BCUT2D eigenvalue weighted by atomic mass is 10.3. The van der Waals surface area contributed by atoms with E-state index in [-0.39, 0.29) is 24.9 Å². The van der Waals surface area contributed by atoms with Gasteiger partial charge in [0, 0.05) is 13.1 Å².